The van der Waals surface area contributed by atoms with Gasteiger partial charge in [0.15, 0.2) is 0 Å². The lowest BCUT2D eigenvalue weighted by atomic mass is 10.1. The van der Waals surface area contributed by atoms with Crippen molar-refractivity contribution in [2.45, 2.75) is 6.42 Å². The molecular weight excluding hydrogens is 346 g/mol. The van der Waals surface area contributed by atoms with E-state index in [-0.39, 0.29) is 31.3 Å². The molecule has 2 rings (SSSR count). The molecule has 1 N–H and O–H groups in total. The van der Waals surface area contributed by atoms with Crippen LogP contribution in [0.5, 0.6) is 0 Å². The van der Waals surface area contributed by atoms with Gasteiger partial charge in [0.25, 0.3) is 0 Å². The van der Waals surface area contributed by atoms with Crippen LogP contribution in [0.3, 0.4) is 0 Å². The largest absolute Gasteiger partial charge is 0.480 e. The highest BCUT2D eigenvalue weighted by atomic mass is 35.5. The Labute approximate surface area is 151 Å². The summed E-state index contributed by atoms with van der Waals surface area (Å²) < 4.78 is 0. The zero-order chi connectivity index (χ0) is 18.6. The van der Waals surface area contributed by atoms with Gasteiger partial charge in [-0.2, -0.15) is 0 Å². The molecule has 0 unspecified atom stereocenters. The number of para-hydroxylation sites is 1. The monoisotopic (exact) mass is 367 g/mol. The average Bonchev–Trinajstić information content (AvgIpc) is 2.92. The normalized spacial score (nSPS) is 17.2. The number of carboxylic acid groups (broad SMARTS) is 1. The lowest BCUT2D eigenvalue weighted by Crippen LogP contribution is -2.43. The molecule has 1 aromatic carbocycles. The van der Waals surface area contributed by atoms with Gasteiger partial charge in [-0.05, 0) is 26.2 Å². The lowest BCUT2D eigenvalue weighted by molar-refractivity contribution is -0.146. The lowest BCUT2D eigenvalue weighted by Gasteiger charge is -2.25. The maximum absolute atomic E-state index is 12.7. The van der Waals surface area contributed by atoms with Crippen molar-refractivity contribution in [3.8, 4) is 0 Å². The number of hydrogen-bond acceptors (Lipinski definition) is 4. The van der Waals surface area contributed by atoms with E-state index in [0.29, 0.717) is 23.8 Å². The minimum atomic E-state index is -1.07. The molecule has 7 nitrogen and oxygen atoms in total. The topological polar surface area (TPSA) is 81.2 Å². The summed E-state index contributed by atoms with van der Waals surface area (Å²) >= 11 is 6.14. The number of anilines is 1. The summed E-state index contributed by atoms with van der Waals surface area (Å²) in [5, 5.41) is 9.50. The first-order valence-corrected chi connectivity index (χ1v) is 8.37. The molecule has 2 amide bonds. The minimum absolute atomic E-state index is 0.0577. The molecule has 0 saturated carbocycles. The number of rotatable bonds is 7. The quantitative estimate of drug-likeness (QED) is 0.782. The molecule has 1 aromatic rings. The molecule has 1 heterocycles. The first kappa shape index (κ1) is 19.2. The van der Waals surface area contributed by atoms with E-state index in [1.54, 1.807) is 24.3 Å². The number of carbonyl (C=O) groups excluding carboxylic acids is 2. The molecule has 1 saturated heterocycles. The Morgan fingerprint density at radius 3 is 2.56 bits per heavy atom. The summed E-state index contributed by atoms with van der Waals surface area (Å²) in [6.07, 6.45) is 0.0577. The third-order valence-electron chi connectivity index (χ3n) is 4.07. The van der Waals surface area contributed by atoms with Crippen LogP contribution in [-0.2, 0) is 14.4 Å². The van der Waals surface area contributed by atoms with E-state index in [1.807, 2.05) is 19.0 Å². The Morgan fingerprint density at radius 2 is 1.96 bits per heavy atom. The molecule has 0 bridgehead atoms. The first-order chi connectivity index (χ1) is 11.8. The maximum Gasteiger partial charge on any atom is 0.323 e. The first-order valence-electron chi connectivity index (χ1n) is 7.99. The van der Waals surface area contributed by atoms with Crippen molar-refractivity contribution in [3.05, 3.63) is 29.3 Å². The van der Waals surface area contributed by atoms with Crippen molar-refractivity contribution >= 4 is 35.1 Å². The van der Waals surface area contributed by atoms with Gasteiger partial charge in [0, 0.05) is 26.1 Å². The van der Waals surface area contributed by atoms with Crippen LogP contribution in [0, 0.1) is 5.92 Å². The van der Waals surface area contributed by atoms with Crippen molar-refractivity contribution < 1.29 is 19.5 Å². The molecule has 25 heavy (non-hydrogen) atoms. The number of likely N-dealkylation sites (N-methyl/N-ethyl adjacent to an activating group) is 1. The van der Waals surface area contributed by atoms with Crippen molar-refractivity contribution in [3.63, 3.8) is 0 Å². The van der Waals surface area contributed by atoms with Gasteiger partial charge in [-0.25, -0.2) is 0 Å². The van der Waals surface area contributed by atoms with Crippen LogP contribution in [-0.4, -0.2) is 73.0 Å². The van der Waals surface area contributed by atoms with E-state index in [9.17, 15) is 14.4 Å². The summed E-state index contributed by atoms with van der Waals surface area (Å²) in [5.74, 6) is -2.13. The number of carboxylic acids is 1. The van der Waals surface area contributed by atoms with Crippen LogP contribution < -0.4 is 4.90 Å². The van der Waals surface area contributed by atoms with E-state index in [1.165, 1.54) is 9.80 Å². The summed E-state index contributed by atoms with van der Waals surface area (Å²) in [7, 11) is 3.70. The molecule has 1 aliphatic heterocycles. The van der Waals surface area contributed by atoms with E-state index in [4.69, 9.17) is 16.7 Å². The standard InChI is InChI=1S/C17H22ClN3O4/c1-19(2)7-8-20(11-16(23)24)17(25)12-9-15(22)21(10-12)14-6-4-3-5-13(14)18/h3-6,12H,7-11H2,1-2H3,(H,23,24)/t12-/m1/s1. The minimum Gasteiger partial charge on any atom is -0.480 e. The Hall–Kier alpha value is -2.12. The van der Waals surface area contributed by atoms with E-state index >= 15 is 0 Å². The van der Waals surface area contributed by atoms with Crippen LogP contribution in [0.2, 0.25) is 5.02 Å². The molecule has 1 aliphatic rings. The SMILES string of the molecule is CN(C)CCN(CC(=O)O)C(=O)[C@@H]1CC(=O)N(c2ccccc2Cl)C1. The van der Waals surface area contributed by atoms with Gasteiger partial charge in [0.05, 0.1) is 16.6 Å². The van der Waals surface area contributed by atoms with E-state index < -0.39 is 11.9 Å². The summed E-state index contributed by atoms with van der Waals surface area (Å²) in [5.41, 5.74) is 0.572. The van der Waals surface area contributed by atoms with Crippen molar-refractivity contribution in [2.24, 2.45) is 5.92 Å². The zero-order valence-electron chi connectivity index (χ0n) is 14.3. The second-order valence-corrected chi connectivity index (χ2v) is 6.72. The third-order valence-corrected chi connectivity index (χ3v) is 4.39. The third kappa shape index (κ3) is 4.93. The van der Waals surface area contributed by atoms with Gasteiger partial charge < -0.3 is 19.8 Å². The second kappa shape index (κ2) is 8.31. The Bertz CT molecular complexity index is 665. The second-order valence-electron chi connectivity index (χ2n) is 6.31. The molecule has 1 atom stereocenters. The highest BCUT2D eigenvalue weighted by Gasteiger charge is 2.38. The van der Waals surface area contributed by atoms with Gasteiger partial charge in [0.1, 0.15) is 6.54 Å². The molecule has 1 fully saturated rings. The number of carbonyl (C=O) groups is 3. The van der Waals surface area contributed by atoms with Crippen LogP contribution >= 0.6 is 11.6 Å². The van der Waals surface area contributed by atoms with Crippen LogP contribution in [0.15, 0.2) is 24.3 Å². The summed E-state index contributed by atoms with van der Waals surface area (Å²) in [6, 6.07) is 6.96. The number of hydrogen-bond donors (Lipinski definition) is 1. The van der Waals surface area contributed by atoms with Crippen LogP contribution in [0.25, 0.3) is 0 Å². The summed E-state index contributed by atoms with van der Waals surface area (Å²) in [6.45, 7) is 0.686. The Balaban J connectivity index is 2.11. The molecular formula is C17H22ClN3O4. The maximum atomic E-state index is 12.7. The highest BCUT2D eigenvalue weighted by Crippen LogP contribution is 2.31. The van der Waals surface area contributed by atoms with E-state index in [0.717, 1.165) is 0 Å². The van der Waals surface area contributed by atoms with Crippen molar-refractivity contribution in [1.29, 1.82) is 0 Å². The zero-order valence-corrected chi connectivity index (χ0v) is 15.1. The predicted molar refractivity (Wildman–Crippen MR) is 94.7 cm³/mol. The van der Waals surface area contributed by atoms with Crippen molar-refractivity contribution in [1.82, 2.24) is 9.80 Å². The number of nitrogens with zero attached hydrogens (tertiary/aromatic N) is 3. The van der Waals surface area contributed by atoms with Gasteiger partial charge in [-0.3, -0.25) is 14.4 Å². The van der Waals surface area contributed by atoms with Gasteiger partial charge in [-0.1, -0.05) is 23.7 Å². The number of aliphatic carboxylic acids is 1. The molecule has 8 heteroatoms. The van der Waals surface area contributed by atoms with Crippen LogP contribution in [0.4, 0.5) is 5.69 Å². The molecule has 136 valence electrons. The van der Waals surface area contributed by atoms with Crippen LogP contribution in [0.1, 0.15) is 6.42 Å². The smallest absolute Gasteiger partial charge is 0.323 e. The number of halogens is 1. The molecule has 0 aliphatic carbocycles. The number of amides is 2. The predicted octanol–water partition coefficient (Wildman–Crippen LogP) is 1.17. The van der Waals surface area contributed by atoms with Gasteiger partial charge in [0.2, 0.25) is 11.8 Å². The molecule has 0 spiro atoms. The van der Waals surface area contributed by atoms with Gasteiger partial charge in [-0.15, -0.1) is 0 Å². The van der Waals surface area contributed by atoms with Gasteiger partial charge >= 0.3 is 5.97 Å². The Morgan fingerprint density at radius 1 is 1.28 bits per heavy atom. The summed E-state index contributed by atoms with van der Waals surface area (Å²) in [4.78, 5) is 40.8. The fraction of sp³-hybridized carbons (Fsp3) is 0.471. The Kier molecular flexibility index (Phi) is 6.39. The number of benzene rings is 1. The molecule has 0 radical (unpaired) electrons. The molecule has 0 aromatic heterocycles. The fourth-order valence-electron chi connectivity index (χ4n) is 2.79. The fourth-order valence-corrected chi connectivity index (χ4v) is 3.02. The van der Waals surface area contributed by atoms with E-state index in [2.05, 4.69) is 0 Å². The van der Waals surface area contributed by atoms with Crippen molar-refractivity contribution in [2.75, 3.05) is 45.2 Å². The average molecular weight is 368 g/mol. The highest BCUT2D eigenvalue weighted by molar-refractivity contribution is 6.33.